The van der Waals surface area contributed by atoms with E-state index in [1.807, 2.05) is 63.2 Å². The second kappa shape index (κ2) is 12.7. The van der Waals surface area contributed by atoms with E-state index < -0.39 is 11.6 Å². The number of nitrogens with zero attached hydrogens (tertiary/aromatic N) is 3. The topological polar surface area (TPSA) is 115 Å². The largest absolute Gasteiger partial charge is 0.448 e. The number of benzene rings is 2. The predicted molar refractivity (Wildman–Crippen MR) is 164 cm³/mol. The molecule has 0 unspecified atom stereocenters. The van der Waals surface area contributed by atoms with Gasteiger partial charge in [-0.3, -0.25) is 9.59 Å². The number of thiophene rings is 1. The number of nitrogens with one attached hydrogen (secondary N) is 2. The van der Waals surface area contributed by atoms with Gasteiger partial charge in [0.25, 0.3) is 11.8 Å². The summed E-state index contributed by atoms with van der Waals surface area (Å²) in [5, 5.41) is 10.8. The summed E-state index contributed by atoms with van der Waals surface area (Å²) in [7, 11) is 0. The lowest BCUT2D eigenvalue weighted by Gasteiger charge is -2.28. The molecule has 0 bridgehead atoms. The number of carbonyl (C=O) groups is 3. The van der Waals surface area contributed by atoms with Crippen LogP contribution in [0.2, 0.25) is 0 Å². The first kappa shape index (κ1) is 29.3. The minimum Gasteiger partial charge on any atom is -0.448 e. The van der Waals surface area contributed by atoms with Crippen LogP contribution < -0.4 is 15.5 Å². The normalized spacial score (nSPS) is 13.6. The second-order valence-electron chi connectivity index (χ2n) is 10.6. The summed E-state index contributed by atoms with van der Waals surface area (Å²) in [4.78, 5) is 42.5. The molecule has 0 spiro atoms. The first-order valence-electron chi connectivity index (χ1n) is 14.1. The van der Waals surface area contributed by atoms with Crippen LogP contribution in [-0.2, 0) is 15.0 Å². The number of hydrogen-bond acceptors (Lipinski definition) is 8. The van der Waals surface area contributed by atoms with Crippen molar-refractivity contribution in [1.82, 2.24) is 15.1 Å². The quantitative estimate of drug-likeness (QED) is 0.243. The molecule has 42 heavy (non-hydrogen) atoms. The minimum atomic E-state index is -0.665. The molecule has 5 rings (SSSR count). The Hall–Kier alpha value is -4.22. The van der Waals surface area contributed by atoms with E-state index in [1.165, 1.54) is 0 Å². The number of ether oxygens (including phenoxy) is 2. The fraction of sp³-hybridized carbons (Fsp3) is 0.355. The zero-order chi connectivity index (χ0) is 29.7. The highest BCUT2D eigenvalue weighted by molar-refractivity contribution is 7.20. The maximum atomic E-state index is 13.4. The number of carbonyl (C=O) groups excluding carboxylic acids is 3. The Morgan fingerprint density at radius 3 is 2.43 bits per heavy atom. The molecule has 1 aliphatic heterocycles. The second-order valence-corrected chi connectivity index (χ2v) is 11.6. The van der Waals surface area contributed by atoms with Gasteiger partial charge in [0.05, 0.1) is 35.6 Å². The Morgan fingerprint density at radius 2 is 1.74 bits per heavy atom. The summed E-state index contributed by atoms with van der Waals surface area (Å²) >= 11 is 1.12. The van der Waals surface area contributed by atoms with Crippen molar-refractivity contribution < 1.29 is 23.9 Å². The van der Waals surface area contributed by atoms with Crippen LogP contribution >= 0.6 is 11.3 Å². The van der Waals surface area contributed by atoms with Gasteiger partial charge < -0.3 is 25.0 Å². The van der Waals surface area contributed by atoms with E-state index in [1.54, 1.807) is 18.2 Å². The Balaban J connectivity index is 1.40. The molecule has 0 saturated carbocycles. The smallest absolute Gasteiger partial charge is 0.436 e. The maximum absolute atomic E-state index is 13.4. The van der Waals surface area contributed by atoms with Gasteiger partial charge in [-0.25, -0.2) is 4.79 Å². The predicted octanol–water partition coefficient (Wildman–Crippen LogP) is 5.64. The Labute approximate surface area is 248 Å². The first-order chi connectivity index (χ1) is 20.3. The van der Waals surface area contributed by atoms with Crippen LogP contribution in [0.15, 0.2) is 60.7 Å². The van der Waals surface area contributed by atoms with Crippen molar-refractivity contribution in [2.75, 3.05) is 43.1 Å². The zero-order valence-electron chi connectivity index (χ0n) is 24.0. The van der Waals surface area contributed by atoms with E-state index in [2.05, 4.69) is 20.6 Å². The number of hydrogen-bond donors (Lipinski definition) is 2. The van der Waals surface area contributed by atoms with Crippen molar-refractivity contribution in [2.24, 2.45) is 0 Å². The van der Waals surface area contributed by atoms with Gasteiger partial charge in [0.1, 0.15) is 4.83 Å². The van der Waals surface area contributed by atoms with Gasteiger partial charge >= 0.3 is 6.09 Å². The maximum Gasteiger partial charge on any atom is 0.436 e. The summed E-state index contributed by atoms with van der Waals surface area (Å²) in [5.74, 6) is -0.499. The van der Waals surface area contributed by atoms with Crippen LogP contribution in [0, 0.1) is 0 Å². The number of rotatable bonds is 9. The minimum absolute atomic E-state index is 0.178. The van der Waals surface area contributed by atoms with E-state index in [4.69, 9.17) is 9.47 Å². The highest BCUT2D eigenvalue weighted by atomic mass is 32.1. The van der Waals surface area contributed by atoms with Crippen molar-refractivity contribution in [1.29, 1.82) is 0 Å². The third-order valence-corrected chi connectivity index (χ3v) is 8.25. The van der Waals surface area contributed by atoms with E-state index >= 15 is 0 Å². The lowest BCUT2D eigenvalue weighted by molar-refractivity contribution is 0.0915. The third kappa shape index (κ3) is 6.47. The van der Waals surface area contributed by atoms with Crippen molar-refractivity contribution in [3.05, 3.63) is 76.7 Å². The number of amides is 2. The summed E-state index contributed by atoms with van der Waals surface area (Å²) in [6.45, 7) is 9.04. The molecule has 220 valence electrons. The van der Waals surface area contributed by atoms with Gasteiger partial charge in [-0.05, 0) is 56.2 Å². The van der Waals surface area contributed by atoms with Crippen molar-refractivity contribution >= 4 is 51.0 Å². The van der Waals surface area contributed by atoms with Crippen molar-refractivity contribution in [3.8, 4) is 0 Å². The Bertz CT molecular complexity index is 1560. The van der Waals surface area contributed by atoms with Crippen molar-refractivity contribution in [3.63, 3.8) is 0 Å². The van der Waals surface area contributed by atoms with E-state index in [9.17, 15) is 14.4 Å². The van der Waals surface area contributed by atoms with Gasteiger partial charge in [-0.15, -0.1) is 16.4 Å². The average Bonchev–Trinajstić information content (AvgIpc) is 3.59. The molecule has 1 fully saturated rings. The molecular formula is C31H35N5O5S. The molecular weight excluding hydrogens is 554 g/mol. The van der Waals surface area contributed by atoms with Gasteiger partial charge in [-0.1, -0.05) is 43.7 Å². The van der Waals surface area contributed by atoms with Crippen LogP contribution in [0.5, 0.6) is 0 Å². The molecule has 2 aromatic heterocycles. The fourth-order valence-corrected chi connectivity index (χ4v) is 5.69. The van der Waals surface area contributed by atoms with Crippen molar-refractivity contribution in [2.45, 2.75) is 39.2 Å². The Kier molecular flexibility index (Phi) is 8.89. The molecule has 10 nitrogen and oxygen atoms in total. The Morgan fingerprint density at radius 1 is 1.02 bits per heavy atom. The molecule has 2 amide bonds. The zero-order valence-corrected chi connectivity index (χ0v) is 24.8. The van der Waals surface area contributed by atoms with Crippen LogP contribution in [0.1, 0.15) is 59.2 Å². The number of unbranched alkanes of at least 4 members (excludes halogenated alkanes) is 1. The number of morpholine rings is 1. The van der Waals surface area contributed by atoms with E-state index in [0.29, 0.717) is 40.3 Å². The molecule has 1 aliphatic rings. The SMILES string of the molecule is CCCCOC(=O)n1nc(NC(=O)c2ccc(N3CCOCC3)cc2)c2cc(C(=O)NC(C)(C)c3ccccc3)sc21. The lowest BCUT2D eigenvalue weighted by Crippen LogP contribution is -2.40. The number of anilines is 2. The number of aromatic nitrogens is 2. The van der Waals surface area contributed by atoms with Gasteiger partial charge in [0, 0.05) is 24.3 Å². The summed E-state index contributed by atoms with van der Waals surface area (Å²) < 4.78 is 11.9. The fourth-order valence-electron chi connectivity index (χ4n) is 4.70. The summed E-state index contributed by atoms with van der Waals surface area (Å²) in [6, 6.07) is 18.6. The van der Waals surface area contributed by atoms with Gasteiger partial charge in [0.2, 0.25) is 0 Å². The lowest BCUT2D eigenvalue weighted by atomic mass is 9.94. The molecule has 1 saturated heterocycles. The molecule has 2 N–H and O–H groups in total. The third-order valence-electron chi connectivity index (χ3n) is 7.14. The molecule has 4 aromatic rings. The highest BCUT2D eigenvalue weighted by Crippen LogP contribution is 2.33. The molecule has 3 heterocycles. The molecule has 0 radical (unpaired) electrons. The van der Waals surface area contributed by atoms with Gasteiger partial charge in [0.15, 0.2) is 5.82 Å². The van der Waals surface area contributed by atoms with E-state index in [-0.39, 0.29) is 24.2 Å². The highest BCUT2D eigenvalue weighted by Gasteiger charge is 2.27. The molecule has 0 aliphatic carbocycles. The van der Waals surface area contributed by atoms with Crippen LogP contribution in [0.25, 0.3) is 10.2 Å². The molecule has 2 aromatic carbocycles. The summed E-state index contributed by atoms with van der Waals surface area (Å²) in [5.41, 5.74) is 1.78. The van der Waals surface area contributed by atoms with Crippen LogP contribution in [0.3, 0.4) is 0 Å². The standard InChI is InChI=1S/C31H35N5O5S/c1-4-5-17-41-30(39)36-29-24(20-25(42-29)28(38)33-31(2,3)22-9-7-6-8-10-22)26(34-36)32-27(37)21-11-13-23(14-12-21)35-15-18-40-19-16-35/h6-14,20H,4-5,15-19H2,1-3H3,(H,33,38)(H,32,34,37). The van der Waals surface area contributed by atoms with E-state index in [0.717, 1.165) is 46.8 Å². The van der Waals surface area contributed by atoms with Gasteiger partial charge in [-0.2, -0.15) is 4.68 Å². The molecule has 0 atom stereocenters. The summed E-state index contributed by atoms with van der Waals surface area (Å²) in [6.07, 6.45) is 0.920. The van der Waals surface area contributed by atoms with Crippen LogP contribution in [0.4, 0.5) is 16.3 Å². The average molecular weight is 590 g/mol. The van der Waals surface area contributed by atoms with Crippen LogP contribution in [-0.4, -0.2) is 60.6 Å². The molecule has 11 heteroatoms. The monoisotopic (exact) mass is 589 g/mol. The first-order valence-corrected chi connectivity index (χ1v) is 14.9. The number of fused-ring (bicyclic) bond motifs is 1.